The Hall–Kier alpha value is -1.85. The first-order valence-electron chi connectivity index (χ1n) is 7.97. The van der Waals surface area contributed by atoms with Gasteiger partial charge in [-0.2, -0.15) is 5.10 Å². The first-order chi connectivity index (χ1) is 10.4. The lowest BCUT2D eigenvalue weighted by molar-refractivity contribution is -0.139. The van der Waals surface area contributed by atoms with Crippen molar-refractivity contribution in [2.45, 2.75) is 65.6 Å². The third kappa shape index (κ3) is 3.87. The maximum absolute atomic E-state index is 12.6. The molecule has 1 N–H and O–H groups in total. The summed E-state index contributed by atoms with van der Waals surface area (Å²) in [6, 6.07) is 1.73. The molecular formula is C16H26N4O2. The molecule has 1 aliphatic heterocycles. The van der Waals surface area contributed by atoms with Crippen LogP contribution in [0.15, 0.2) is 6.07 Å². The molecule has 6 nitrogen and oxygen atoms in total. The Labute approximate surface area is 131 Å². The minimum absolute atomic E-state index is 0.00133. The SMILES string of the molecule is CC(=O)N[C@@H](C)C(=O)N1CCCC[C@H]1Cn1nc(C)cc1C. The zero-order valence-corrected chi connectivity index (χ0v) is 13.9. The van der Waals surface area contributed by atoms with Gasteiger partial charge in [-0.05, 0) is 46.1 Å². The number of amides is 2. The van der Waals surface area contributed by atoms with Crippen molar-refractivity contribution in [2.75, 3.05) is 6.54 Å². The van der Waals surface area contributed by atoms with E-state index in [0.717, 1.165) is 43.7 Å². The maximum Gasteiger partial charge on any atom is 0.245 e. The fourth-order valence-corrected chi connectivity index (χ4v) is 3.16. The summed E-state index contributed by atoms with van der Waals surface area (Å²) in [5.41, 5.74) is 2.11. The molecule has 0 bridgehead atoms. The normalized spacial score (nSPS) is 19.8. The van der Waals surface area contributed by atoms with Gasteiger partial charge in [-0.15, -0.1) is 0 Å². The van der Waals surface area contributed by atoms with Gasteiger partial charge in [-0.3, -0.25) is 14.3 Å². The van der Waals surface area contributed by atoms with Gasteiger partial charge in [-0.25, -0.2) is 0 Å². The summed E-state index contributed by atoms with van der Waals surface area (Å²) >= 11 is 0. The summed E-state index contributed by atoms with van der Waals surface area (Å²) < 4.78 is 1.98. The highest BCUT2D eigenvalue weighted by atomic mass is 16.2. The van der Waals surface area contributed by atoms with E-state index in [1.54, 1.807) is 6.92 Å². The number of nitrogens with zero attached hydrogens (tertiary/aromatic N) is 3. The predicted octanol–water partition coefficient (Wildman–Crippen LogP) is 1.41. The molecule has 2 heterocycles. The van der Waals surface area contributed by atoms with Gasteiger partial charge in [0.15, 0.2) is 0 Å². The largest absolute Gasteiger partial charge is 0.345 e. The quantitative estimate of drug-likeness (QED) is 0.914. The molecule has 2 atom stereocenters. The van der Waals surface area contributed by atoms with Crippen LogP contribution in [0.1, 0.15) is 44.5 Å². The number of rotatable bonds is 4. The van der Waals surface area contributed by atoms with Gasteiger partial charge < -0.3 is 10.2 Å². The van der Waals surface area contributed by atoms with Crippen LogP contribution in [0.5, 0.6) is 0 Å². The summed E-state index contributed by atoms with van der Waals surface area (Å²) in [7, 11) is 0. The van der Waals surface area contributed by atoms with Crippen molar-refractivity contribution in [3.8, 4) is 0 Å². The lowest BCUT2D eigenvalue weighted by atomic mass is 10.0. The first kappa shape index (κ1) is 16.5. The Morgan fingerprint density at radius 3 is 2.73 bits per heavy atom. The monoisotopic (exact) mass is 306 g/mol. The van der Waals surface area contributed by atoms with Gasteiger partial charge in [0.25, 0.3) is 0 Å². The Morgan fingerprint density at radius 1 is 1.41 bits per heavy atom. The topological polar surface area (TPSA) is 67.2 Å². The second kappa shape index (κ2) is 6.94. The average molecular weight is 306 g/mol. The highest BCUT2D eigenvalue weighted by Crippen LogP contribution is 2.20. The van der Waals surface area contributed by atoms with Crippen LogP contribution >= 0.6 is 0 Å². The molecule has 1 aromatic heterocycles. The van der Waals surface area contributed by atoms with Crippen molar-refractivity contribution in [1.29, 1.82) is 0 Å². The standard InChI is InChI=1S/C16H26N4O2/c1-11-9-12(2)20(18-11)10-15-7-5-6-8-19(15)16(22)13(3)17-14(4)21/h9,13,15H,5-8,10H2,1-4H3,(H,17,21)/t13-,15-/m0/s1. The minimum Gasteiger partial charge on any atom is -0.345 e. The molecule has 1 saturated heterocycles. The molecule has 0 aliphatic carbocycles. The summed E-state index contributed by atoms with van der Waals surface area (Å²) in [4.78, 5) is 25.7. The van der Waals surface area contributed by atoms with Gasteiger partial charge in [0.1, 0.15) is 6.04 Å². The Bertz CT molecular complexity index is 552. The number of nitrogens with one attached hydrogen (secondary N) is 1. The van der Waals surface area contributed by atoms with E-state index >= 15 is 0 Å². The van der Waals surface area contributed by atoms with E-state index in [0.29, 0.717) is 0 Å². The number of carbonyl (C=O) groups excluding carboxylic acids is 2. The number of aromatic nitrogens is 2. The summed E-state index contributed by atoms with van der Waals surface area (Å²) in [5.74, 6) is -0.172. The Balaban J connectivity index is 2.09. The summed E-state index contributed by atoms with van der Waals surface area (Å²) in [6.07, 6.45) is 3.13. The van der Waals surface area contributed by atoms with E-state index < -0.39 is 6.04 Å². The number of hydrogen-bond acceptors (Lipinski definition) is 3. The van der Waals surface area contributed by atoms with E-state index in [4.69, 9.17) is 0 Å². The van der Waals surface area contributed by atoms with E-state index in [9.17, 15) is 9.59 Å². The highest BCUT2D eigenvalue weighted by molar-refractivity contribution is 5.86. The van der Waals surface area contributed by atoms with Crippen LogP contribution < -0.4 is 5.32 Å². The van der Waals surface area contributed by atoms with E-state index in [-0.39, 0.29) is 17.9 Å². The zero-order chi connectivity index (χ0) is 16.3. The Kier molecular flexibility index (Phi) is 5.21. The zero-order valence-electron chi connectivity index (χ0n) is 13.9. The van der Waals surface area contributed by atoms with Gasteiger partial charge in [-0.1, -0.05) is 0 Å². The van der Waals surface area contributed by atoms with Crippen LogP contribution in [0.25, 0.3) is 0 Å². The second-order valence-electron chi connectivity index (χ2n) is 6.21. The third-order valence-electron chi connectivity index (χ3n) is 4.19. The molecule has 0 aromatic carbocycles. The van der Waals surface area contributed by atoms with E-state index in [1.165, 1.54) is 6.92 Å². The minimum atomic E-state index is -0.474. The van der Waals surface area contributed by atoms with Crippen LogP contribution in [0.3, 0.4) is 0 Å². The molecule has 2 amide bonds. The molecule has 0 saturated carbocycles. The van der Waals surface area contributed by atoms with Crippen LogP contribution in [0.4, 0.5) is 0 Å². The molecule has 0 radical (unpaired) electrons. The van der Waals surface area contributed by atoms with Gasteiger partial charge in [0.05, 0.1) is 18.3 Å². The summed E-state index contributed by atoms with van der Waals surface area (Å²) in [6.45, 7) is 8.68. The molecule has 1 fully saturated rings. The van der Waals surface area contributed by atoms with E-state index in [2.05, 4.69) is 16.5 Å². The molecule has 2 rings (SSSR count). The van der Waals surface area contributed by atoms with Crippen molar-refractivity contribution >= 4 is 11.8 Å². The van der Waals surface area contributed by atoms with Gasteiger partial charge in [0, 0.05) is 19.2 Å². The van der Waals surface area contributed by atoms with Crippen molar-refractivity contribution in [3.63, 3.8) is 0 Å². The summed E-state index contributed by atoms with van der Waals surface area (Å²) in [5, 5.41) is 7.19. The lowest BCUT2D eigenvalue weighted by Crippen LogP contribution is -2.53. The van der Waals surface area contributed by atoms with E-state index in [1.807, 2.05) is 23.4 Å². The van der Waals surface area contributed by atoms with Crippen LogP contribution in [0.2, 0.25) is 0 Å². The molecule has 0 spiro atoms. The molecule has 0 unspecified atom stereocenters. The molecular weight excluding hydrogens is 280 g/mol. The van der Waals surface area contributed by atoms with Gasteiger partial charge in [0.2, 0.25) is 11.8 Å². The molecule has 22 heavy (non-hydrogen) atoms. The molecule has 6 heteroatoms. The fourth-order valence-electron chi connectivity index (χ4n) is 3.16. The van der Waals surface area contributed by atoms with Crippen molar-refractivity contribution < 1.29 is 9.59 Å². The smallest absolute Gasteiger partial charge is 0.245 e. The van der Waals surface area contributed by atoms with Crippen molar-refractivity contribution in [3.05, 3.63) is 17.5 Å². The average Bonchev–Trinajstić information content (AvgIpc) is 2.76. The Morgan fingerprint density at radius 2 is 2.14 bits per heavy atom. The van der Waals surface area contributed by atoms with Gasteiger partial charge >= 0.3 is 0 Å². The first-order valence-corrected chi connectivity index (χ1v) is 7.97. The fraction of sp³-hybridized carbons (Fsp3) is 0.688. The van der Waals surface area contributed by atoms with Crippen LogP contribution in [0, 0.1) is 13.8 Å². The van der Waals surface area contributed by atoms with Crippen LogP contribution in [-0.4, -0.2) is 45.1 Å². The third-order valence-corrected chi connectivity index (χ3v) is 4.19. The lowest BCUT2D eigenvalue weighted by Gasteiger charge is -2.37. The maximum atomic E-state index is 12.6. The molecule has 1 aliphatic rings. The predicted molar refractivity (Wildman–Crippen MR) is 84.3 cm³/mol. The number of piperidine rings is 1. The highest BCUT2D eigenvalue weighted by Gasteiger charge is 2.30. The molecule has 1 aromatic rings. The van der Waals surface area contributed by atoms with Crippen molar-refractivity contribution in [2.24, 2.45) is 0 Å². The van der Waals surface area contributed by atoms with Crippen molar-refractivity contribution in [1.82, 2.24) is 20.0 Å². The van der Waals surface area contributed by atoms with Crippen LogP contribution in [-0.2, 0) is 16.1 Å². The number of likely N-dealkylation sites (tertiary alicyclic amines) is 1. The number of carbonyl (C=O) groups is 2. The number of aryl methyl sites for hydroxylation is 2. The number of hydrogen-bond donors (Lipinski definition) is 1. The molecule has 122 valence electrons. The second-order valence-corrected chi connectivity index (χ2v) is 6.21.